The van der Waals surface area contributed by atoms with Crippen LogP contribution in [0, 0.1) is 11.8 Å². The van der Waals surface area contributed by atoms with Crippen LogP contribution in [0.5, 0.6) is 0 Å². The van der Waals surface area contributed by atoms with Gasteiger partial charge in [0, 0.05) is 16.6 Å². The van der Waals surface area contributed by atoms with Crippen LogP contribution >= 0.6 is 15.9 Å². The number of carbonyl (C=O) groups is 3. The average molecular weight is 452 g/mol. The summed E-state index contributed by atoms with van der Waals surface area (Å²) in [6.07, 6.45) is 1.71. The van der Waals surface area contributed by atoms with E-state index in [-0.39, 0.29) is 17.6 Å². The van der Waals surface area contributed by atoms with Gasteiger partial charge >= 0.3 is 0 Å². The molecule has 2 amide bonds. The zero-order chi connectivity index (χ0) is 20.3. The van der Waals surface area contributed by atoms with Crippen LogP contribution in [0.3, 0.4) is 0 Å². The quantitative estimate of drug-likeness (QED) is 0.531. The molecule has 3 aliphatic rings. The molecule has 0 aliphatic carbocycles. The molecule has 146 valence electrons. The van der Waals surface area contributed by atoms with Crippen molar-refractivity contribution in [3.8, 4) is 0 Å². The number of benzene rings is 2. The number of hydrazone groups is 1. The number of halogens is 1. The van der Waals surface area contributed by atoms with Crippen molar-refractivity contribution < 1.29 is 14.4 Å². The SMILES string of the molecule is CCN1C(=O)[C@@H]2[C@H](C1=O)[C@@H]1c3ccccc3C=NN1[C@H]2C(=O)c1ccc(Br)cc1. The number of Topliss-reactive ketones (excluding diaryl/α,β-unsaturated/α-hetero) is 1. The molecular weight excluding hydrogens is 434 g/mol. The number of imide groups is 1. The van der Waals surface area contributed by atoms with Crippen molar-refractivity contribution in [3.63, 3.8) is 0 Å². The lowest BCUT2D eigenvalue weighted by Gasteiger charge is -2.33. The minimum absolute atomic E-state index is 0.189. The molecule has 2 saturated heterocycles. The molecule has 0 N–H and O–H groups in total. The highest BCUT2D eigenvalue weighted by Crippen LogP contribution is 2.52. The van der Waals surface area contributed by atoms with Gasteiger partial charge < -0.3 is 0 Å². The minimum atomic E-state index is -0.802. The molecule has 2 aromatic carbocycles. The summed E-state index contributed by atoms with van der Waals surface area (Å²) in [5.74, 6) is -2.02. The predicted octanol–water partition coefficient (Wildman–Crippen LogP) is 3.03. The van der Waals surface area contributed by atoms with Crippen LogP contribution in [0.25, 0.3) is 0 Å². The van der Waals surface area contributed by atoms with Gasteiger partial charge in [-0.1, -0.05) is 52.3 Å². The minimum Gasteiger partial charge on any atom is -0.292 e. The maximum atomic E-state index is 13.5. The number of nitrogens with zero attached hydrogens (tertiary/aromatic N) is 3. The first-order chi connectivity index (χ1) is 14.0. The van der Waals surface area contributed by atoms with Crippen molar-refractivity contribution in [2.75, 3.05) is 6.54 Å². The third-order valence-electron chi connectivity index (χ3n) is 6.10. The highest BCUT2D eigenvalue weighted by atomic mass is 79.9. The van der Waals surface area contributed by atoms with Crippen LogP contribution in [0.15, 0.2) is 58.1 Å². The van der Waals surface area contributed by atoms with Crippen LogP contribution in [0.1, 0.15) is 34.5 Å². The van der Waals surface area contributed by atoms with E-state index in [1.54, 1.807) is 42.4 Å². The summed E-state index contributed by atoms with van der Waals surface area (Å²) >= 11 is 3.38. The Balaban J connectivity index is 1.65. The van der Waals surface area contributed by atoms with Crippen molar-refractivity contribution in [2.24, 2.45) is 16.9 Å². The summed E-state index contributed by atoms with van der Waals surface area (Å²) in [7, 11) is 0. The Kier molecular flexibility index (Phi) is 4.17. The lowest BCUT2D eigenvalue weighted by Crippen LogP contribution is -2.44. The van der Waals surface area contributed by atoms with Gasteiger partial charge in [-0.3, -0.25) is 24.3 Å². The molecule has 7 heteroatoms. The van der Waals surface area contributed by atoms with Gasteiger partial charge in [-0.25, -0.2) is 0 Å². The first-order valence-corrected chi connectivity index (χ1v) is 10.4. The second-order valence-electron chi connectivity index (χ2n) is 7.49. The molecule has 3 heterocycles. The second-order valence-corrected chi connectivity index (χ2v) is 8.40. The number of rotatable bonds is 3. The maximum Gasteiger partial charge on any atom is 0.235 e. The maximum absolute atomic E-state index is 13.5. The van der Waals surface area contributed by atoms with Crippen LogP contribution in [0.2, 0.25) is 0 Å². The monoisotopic (exact) mass is 451 g/mol. The molecule has 6 nitrogen and oxygen atoms in total. The Morgan fingerprint density at radius 2 is 1.72 bits per heavy atom. The normalized spacial score (nSPS) is 27.1. The third-order valence-corrected chi connectivity index (χ3v) is 6.63. The van der Waals surface area contributed by atoms with Crippen molar-refractivity contribution in [1.82, 2.24) is 9.91 Å². The largest absolute Gasteiger partial charge is 0.292 e. The highest BCUT2D eigenvalue weighted by Gasteiger charge is 2.64. The number of carbonyl (C=O) groups excluding carboxylic acids is 3. The lowest BCUT2D eigenvalue weighted by atomic mass is 9.83. The number of amides is 2. The predicted molar refractivity (Wildman–Crippen MR) is 110 cm³/mol. The Morgan fingerprint density at radius 3 is 2.45 bits per heavy atom. The summed E-state index contributed by atoms with van der Waals surface area (Å²) in [5, 5.41) is 6.22. The van der Waals surface area contributed by atoms with Crippen LogP contribution in [-0.2, 0) is 9.59 Å². The van der Waals surface area contributed by atoms with Gasteiger partial charge in [0.25, 0.3) is 0 Å². The van der Waals surface area contributed by atoms with E-state index >= 15 is 0 Å². The molecule has 0 saturated carbocycles. The molecule has 2 fully saturated rings. The first kappa shape index (κ1) is 18.2. The van der Waals surface area contributed by atoms with Crippen molar-refractivity contribution >= 4 is 39.7 Å². The van der Waals surface area contributed by atoms with E-state index in [1.165, 1.54) is 4.90 Å². The van der Waals surface area contributed by atoms with Crippen LogP contribution in [0.4, 0.5) is 0 Å². The van der Waals surface area contributed by atoms with Crippen LogP contribution in [-0.4, -0.2) is 46.3 Å². The summed E-state index contributed by atoms with van der Waals surface area (Å²) in [6, 6.07) is 13.6. The molecule has 0 unspecified atom stereocenters. The molecule has 0 aromatic heterocycles. The van der Waals surface area contributed by atoms with Gasteiger partial charge in [0.05, 0.1) is 24.1 Å². The number of hydrogen-bond donors (Lipinski definition) is 0. The lowest BCUT2D eigenvalue weighted by molar-refractivity contribution is -0.141. The fraction of sp³-hybridized carbons (Fsp3) is 0.273. The van der Waals surface area contributed by atoms with E-state index in [2.05, 4.69) is 21.0 Å². The van der Waals surface area contributed by atoms with E-state index in [1.807, 2.05) is 24.3 Å². The van der Waals surface area contributed by atoms with Gasteiger partial charge in [0.1, 0.15) is 6.04 Å². The summed E-state index contributed by atoms with van der Waals surface area (Å²) in [5.41, 5.74) is 2.35. The molecule has 5 rings (SSSR count). The Labute approximate surface area is 176 Å². The number of likely N-dealkylation sites (tertiary alicyclic amines) is 1. The average Bonchev–Trinajstić information content (AvgIpc) is 3.21. The summed E-state index contributed by atoms with van der Waals surface area (Å²) in [6.45, 7) is 2.09. The fourth-order valence-electron chi connectivity index (χ4n) is 4.83. The molecule has 0 spiro atoms. The van der Waals surface area contributed by atoms with Crippen LogP contribution < -0.4 is 0 Å². The molecule has 3 aliphatic heterocycles. The summed E-state index contributed by atoms with van der Waals surface area (Å²) in [4.78, 5) is 41.1. The van der Waals surface area contributed by atoms with Gasteiger partial charge in [0.2, 0.25) is 11.8 Å². The van der Waals surface area contributed by atoms with Crippen molar-refractivity contribution in [2.45, 2.75) is 19.0 Å². The first-order valence-electron chi connectivity index (χ1n) is 9.59. The van der Waals surface area contributed by atoms with Gasteiger partial charge in [-0.15, -0.1) is 0 Å². The van der Waals surface area contributed by atoms with Gasteiger partial charge in [-0.05, 0) is 30.2 Å². The molecule has 4 atom stereocenters. The van der Waals surface area contributed by atoms with E-state index < -0.39 is 23.9 Å². The topological polar surface area (TPSA) is 70.1 Å². The zero-order valence-electron chi connectivity index (χ0n) is 15.7. The third kappa shape index (κ3) is 2.53. The number of ketones is 1. The van der Waals surface area contributed by atoms with Crippen molar-refractivity contribution in [3.05, 3.63) is 69.7 Å². The Hall–Kier alpha value is -2.80. The smallest absolute Gasteiger partial charge is 0.235 e. The van der Waals surface area contributed by atoms with Gasteiger partial charge in [-0.2, -0.15) is 5.10 Å². The van der Waals surface area contributed by atoms with Crippen molar-refractivity contribution in [1.29, 1.82) is 0 Å². The molecule has 0 bridgehead atoms. The number of fused-ring (bicyclic) bond motifs is 5. The van der Waals surface area contributed by atoms with E-state index in [4.69, 9.17) is 0 Å². The van der Waals surface area contributed by atoms with E-state index in [9.17, 15) is 14.4 Å². The fourth-order valence-corrected chi connectivity index (χ4v) is 5.09. The van der Waals surface area contributed by atoms with Gasteiger partial charge in [0.15, 0.2) is 5.78 Å². The highest BCUT2D eigenvalue weighted by molar-refractivity contribution is 9.10. The Morgan fingerprint density at radius 1 is 1.03 bits per heavy atom. The molecular formula is C22H18BrN3O3. The molecule has 0 radical (unpaired) electrons. The summed E-state index contributed by atoms with van der Waals surface area (Å²) < 4.78 is 0.866. The molecule has 29 heavy (non-hydrogen) atoms. The van der Waals surface area contributed by atoms with E-state index in [0.29, 0.717) is 12.1 Å². The van der Waals surface area contributed by atoms with E-state index in [0.717, 1.165) is 15.6 Å². The number of hydrogen-bond acceptors (Lipinski definition) is 5. The second kappa shape index (κ2) is 6.62. The Bertz CT molecular complexity index is 1070. The molecule has 2 aromatic rings. The zero-order valence-corrected chi connectivity index (χ0v) is 17.2. The standard InChI is InChI=1S/C22H18BrN3O3/c1-2-25-21(28)16-17(22(25)29)19(20(27)12-7-9-14(23)10-8-12)26-18(16)15-6-4-3-5-13(15)11-24-26/h3-11,16-19H,2H2,1H3/t16-,17+,18-,19+/m0/s1.